The Hall–Kier alpha value is -1.20. The van der Waals surface area contributed by atoms with E-state index in [9.17, 15) is 4.39 Å². The summed E-state index contributed by atoms with van der Waals surface area (Å²) in [6.07, 6.45) is 3.88. The SMILES string of the molecule is Cc1ccc(NC(=S)NCC(C)(C)N2CCCCC2)cc1F. The molecule has 1 heterocycles. The van der Waals surface area contributed by atoms with Crippen LogP contribution in [-0.2, 0) is 0 Å². The fourth-order valence-electron chi connectivity index (χ4n) is 2.75. The third-order valence-electron chi connectivity index (χ3n) is 4.32. The fraction of sp³-hybridized carbons (Fsp3) is 0.588. The first-order valence-electron chi connectivity index (χ1n) is 7.94. The minimum absolute atomic E-state index is 0.0602. The van der Waals surface area contributed by atoms with Crippen molar-refractivity contribution in [1.82, 2.24) is 10.2 Å². The van der Waals surface area contributed by atoms with E-state index < -0.39 is 0 Å². The third kappa shape index (κ3) is 4.65. The number of hydrogen-bond acceptors (Lipinski definition) is 2. The van der Waals surface area contributed by atoms with Crippen molar-refractivity contribution in [3.63, 3.8) is 0 Å². The van der Waals surface area contributed by atoms with E-state index in [1.165, 1.54) is 25.3 Å². The van der Waals surface area contributed by atoms with Gasteiger partial charge in [0.1, 0.15) is 5.82 Å². The van der Waals surface area contributed by atoms with E-state index in [1.54, 1.807) is 13.0 Å². The molecule has 22 heavy (non-hydrogen) atoms. The van der Waals surface area contributed by atoms with Gasteiger partial charge in [0.05, 0.1) is 0 Å². The molecule has 0 amide bonds. The molecule has 5 heteroatoms. The van der Waals surface area contributed by atoms with Gasteiger partial charge in [-0.05, 0) is 76.6 Å². The second-order valence-electron chi connectivity index (χ2n) is 6.63. The normalized spacial score (nSPS) is 16.4. The Kier molecular flexibility index (Phi) is 5.75. The highest BCUT2D eigenvalue weighted by atomic mass is 32.1. The number of anilines is 1. The second kappa shape index (κ2) is 7.38. The van der Waals surface area contributed by atoms with E-state index >= 15 is 0 Å². The molecule has 1 fully saturated rings. The zero-order valence-corrected chi connectivity index (χ0v) is 14.5. The van der Waals surface area contributed by atoms with Gasteiger partial charge in [0.25, 0.3) is 0 Å². The molecule has 1 aliphatic heterocycles. The van der Waals surface area contributed by atoms with E-state index in [1.807, 2.05) is 6.07 Å². The van der Waals surface area contributed by atoms with Crippen LogP contribution < -0.4 is 10.6 Å². The van der Waals surface area contributed by atoms with Gasteiger partial charge in [0.2, 0.25) is 0 Å². The average Bonchev–Trinajstić information content (AvgIpc) is 2.50. The molecule has 0 aromatic heterocycles. The molecule has 0 atom stereocenters. The second-order valence-corrected chi connectivity index (χ2v) is 7.04. The fourth-order valence-corrected chi connectivity index (χ4v) is 2.94. The number of halogens is 1. The quantitative estimate of drug-likeness (QED) is 0.827. The minimum atomic E-state index is -0.221. The zero-order chi connectivity index (χ0) is 16.2. The minimum Gasteiger partial charge on any atom is -0.361 e. The van der Waals surface area contributed by atoms with Crippen molar-refractivity contribution in [2.24, 2.45) is 0 Å². The summed E-state index contributed by atoms with van der Waals surface area (Å²) in [6, 6.07) is 5.05. The van der Waals surface area contributed by atoms with Gasteiger partial charge >= 0.3 is 0 Å². The van der Waals surface area contributed by atoms with Crippen LogP contribution >= 0.6 is 12.2 Å². The van der Waals surface area contributed by atoms with E-state index in [-0.39, 0.29) is 11.4 Å². The van der Waals surface area contributed by atoms with Crippen LogP contribution in [0.1, 0.15) is 38.7 Å². The Morgan fingerprint density at radius 3 is 2.59 bits per heavy atom. The molecule has 2 rings (SSSR count). The number of hydrogen-bond donors (Lipinski definition) is 2. The Balaban J connectivity index is 1.84. The first-order valence-corrected chi connectivity index (χ1v) is 8.35. The predicted octanol–water partition coefficient (Wildman–Crippen LogP) is 3.69. The van der Waals surface area contributed by atoms with Gasteiger partial charge in [0.15, 0.2) is 5.11 Å². The van der Waals surface area contributed by atoms with Crippen LogP contribution in [-0.4, -0.2) is 35.2 Å². The van der Waals surface area contributed by atoms with E-state index in [0.29, 0.717) is 16.4 Å². The lowest BCUT2D eigenvalue weighted by atomic mass is 9.98. The van der Waals surface area contributed by atoms with Crippen molar-refractivity contribution in [3.8, 4) is 0 Å². The number of likely N-dealkylation sites (tertiary alicyclic amines) is 1. The van der Waals surface area contributed by atoms with Crippen LogP contribution in [0.3, 0.4) is 0 Å². The number of nitrogens with zero attached hydrogens (tertiary/aromatic N) is 1. The molecule has 0 spiro atoms. The number of rotatable bonds is 4. The summed E-state index contributed by atoms with van der Waals surface area (Å²) in [5, 5.41) is 6.84. The first-order chi connectivity index (χ1) is 10.4. The van der Waals surface area contributed by atoms with Crippen molar-refractivity contribution in [3.05, 3.63) is 29.6 Å². The van der Waals surface area contributed by atoms with Gasteiger partial charge < -0.3 is 10.6 Å². The molecule has 1 aromatic carbocycles. The average molecular weight is 323 g/mol. The van der Waals surface area contributed by atoms with E-state index in [2.05, 4.69) is 29.4 Å². The lowest BCUT2D eigenvalue weighted by Gasteiger charge is -2.41. The van der Waals surface area contributed by atoms with Crippen LogP contribution in [0.15, 0.2) is 18.2 Å². The molecular weight excluding hydrogens is 297 g/mol. The maximum Gasteiger partial charge on any atom is 0.170 e. The van der Waals surface area contributed by atoms with Crippen LogP contribution in [0.25, 0.3) is 0 Å². The molecule has 0 saturated carbocycles. The number of piperidine rings is 1. The van der Waals surface area contributed by atoms with Crippen molar-refractivity contribution in [2.45, 2.75) is 45.6 Å². The van der Waals surface area contributed by atoms with E-state index in [0.717, 1.165) is 19.6 Å². The smallest absolute Gasteiger partial charge is 0.170 e. The lowest BCUT2D eigenvalue weighted by Crippen LogP contribution is -2.53. The molecule has 2 N–H and O–H groups in total. The van der Waals surface area contributed by atoms with E-state index in [4.69, 9.17) is 12.2 Å². The number of nitrogens with one attached hydrogen (secondary N) is 2. The van der Waals surface area contributed by atoms with Gasteiger partial charge in [-0.25, -0.2) is 4.39 Å². The summed E-state index contributed by atoms with van der Waals surface area (Å²) < 4.78 is 13.5. The molecule has 1 saturated heterocycles. The Morgan fingerprint density at radius 2 is 1.95 bits per heavy atom. The summed E-state index contributed by atoms with van der Waals surface area (Å²) in [5.74, 6) is -0.221. The standard InChI is InChI=1S/C17H26FN3S/c1-13-7-8-14(11-15(13)18)20-16(22)19-12-17(2,3)21-9-5-4-6-10-21/h7-8,11H,4-6,9-10,12H2,1-3H3,(H2,19,20,22). The molecule has 1 aromatic rings. The molecular formula is C17H26FN3S. The van der Waals surface area contributed by atoms with Gasteiger partial charge in [-0.15, -0.1) is 0 Å². The van der Waals surface area contributed by atoms with Crippen LogP contribution in [0, 0.1) is 12.7 Å². The lowest BCUT2D eigenvalue weighted by molar-refractivity contribution is 0.0986. The third-order valence-corrected chi connectivity index (χ3v) is 4.57. The highest BCUT2D eigenvalue weighted by Gasteiger charge is 2.27. The maximum absolute atomic E-state index is 13.5. The van der Waals surface area contributed by atoms with Crippen LogP contribution in [0.5, 0.6) is 0 Å². The summed E-state index contributed by atoms with van der Waals surface area (Å²) in [6.45, 7) is 9.29. The molecule has 1 aliphatic rings. The number of thiocarbonyl (C=S) groups is 1. The number of aryl methyl sites for hydroxylation is 1. The maximum atomic E-state index is 13.5. The Morgan fingerprint density at radius 1 is 1.27 bits per heavy atom. The van der Waals surface area contributed by atoms with Crippen LogP contribution in [0.4, 0.5) is 10.1 Å². The highest BCUT2D eigenvalue weighted by Crippen LogP contribution is 2.20. The summed E-state index contributed by atoms with van der Waals surface area (Å²) in [7, 11) is 0. The largest absolute Gasteiger partial charge is 0.361 e. The Bertz CT molecular complexity index is 525. The molecule has 0 bridgehead atoms. The highest BCUT2D eigenvalue weighted by molar-refractivity contribution is 7.80. The topological polar surface area (TPSA) is 27.3 Å². The molecule has 0 unspecified atom stereocenters. The van der Waals surface area contributed by atoms with Gasteiger partial charge in [-0.2, -0.15) is 0 Å². The molecule has 122 valence electrons. The monoisotopic (exact) mass is 323 g/mol. The van der Waals surface area contributed by atoms with Gasteiger partial charge in [0, 0.05) is 17.8 Å². The molecule has 3 nitrogen and oxygen atoms in total. The first kappa shape index (κ1) is 17.2. The summed E-state index contributed by atoms with van der Waals surface area (Å²) >= 11 is 5.32. The van der Waals surface area contributed by atoms with Crippen molar-refractivity contribution >= 4 is 23.0 Å². The van der Waals surface area contributed by atoms with Crippen molar-refractivity contribution in [2.75, 3.05) is 25.0 Å². The van der Waals surface area contributed by atoms with Crippen molar-refractivity contribution < 1.29 is 4.39 Å². The number of benzene rings is 1. The molecule has 0 radical (unpaired) electrons. The predicted molar refractivity (Wildman–Crippen MR) is 94.9 cm³/mol. The summed E-state index contributed by atoms with van der Waals surface area (Å²) in [4.78, 5) is 2.51. The summed E-state index contributed by atoms with van der Waals surface area (Å²) in [5.41, 5.74) is 1.37. The molecule has 0 aliphatic carbocycles. The zero-order valence-electron chi connectivity index (χ0n) is 13.7. The van der Waals surface area contributed by atoms with Crippen molar-refractivity contribution in [1.29, 1.82) is 0 Å². The van der Waals surface area contributed by atoms with Crippen LogP contribution in [0.2, 0.25) is 0 Å². The Labute approximate surface area is 138 Å². The van der Waals surface area contributed by atoms with Gasteiger partial charge in [-0.1, -0.05) is 12.5 Å². The van der Waals surface area contributed by atoms with Gasteiger partial charge in [-0.3, -0.25) is 4.90 Å².